The van der Waals surface area contributed by atoms with E-state index in [2.05, 4.69) is 9.97 Å². The number of pyridine rings is 1. The number of likely N-dealkylation sites (N-methyl/N-ethyl adjacent to an activating group) is 1. The summed E-state index contributed by atoms with van der Waals surface area (Å²) < 4.78 is 83.4. The van der Waals surface area contributed by atoms with Crippen molar-refractivity contribution in [3.8, 4) is 11.1 Å². The minimum atomic E-state index is -5.08. The summed E-state index contributed by atoms with van der Waals surface area (Å²) in [5.41, 5.74) is 1.48. The van der Waals surface area contributed by atoms with E-state index in [-0.39, 0.29) is 23.7 Å². The van der Waals surface area contributed by atoms with E-state index in [0.29, 0.717) is 22.2 Å². The maximum Gasteiger partial charge on any atom is 0.490 e. The average Bonchev–Trinajstić information content (AvgIpc) is 3.18. The van der Waals surface area contributed by atoms with Gasteiger partial charge >= 0.3 is 12.1 Å². The molecule has 0 atom stereocenters. The average molecular weight is 495 g/mol. The first-order chi connectivity index (χ1) is 15.3. The number of nitrogens with one attached hydrogen (secondary N) is 1. The number of hydrogen-bond acceptors (Lipinski definition) is 5. The maximum absolute atomic E-state index is 12.9. The highest BCUT2D eigenvalue weighted by atomic mass is 32.2. The maximum atomic E-state index is 12.9. The van der Waals surface area contributed by atoms with Gasteiger partial charge in [-0.1, -0.05) is 12.1 Å². The molecular formula is C19H18F5N3O5S. The third-order valence-electron chi connectivity index (χ3n) is 4.32. The minimum absolute atomic E-state index is 0.00514. The van der Waals surface area contributed by atoms with E-state index in [4.69, 9.17) is 15.0 Å². The summed E-state index contributed by atoms with van der Waals surface area (Å²) in [6.45, 7) is -0.280. The Bertz CT molecular complexity index is 1210. The number of aromatic amines is 1. The Morgan fingerprint density at radius 1 is 1.18 bits per heavy atom. The number of sulfonamides is 1. The lowest BCUT2D eigenvalue weighted by atomic mass is 10.0. The van der Waals surface area contributed by atoms with Gasteiger partial charge in [0.05, 0.1) is 17.2 Å². The predicted molar refractivity (Wildman–Crippen MR) is 107 cm³/mol. The highest BCUT2D eigenvalue weighted by Gasteiger charge is 2.38. The first kappa shape index (κ1) is 26.2. The van der Waals surface area contributed by atoms with E-state index >= 15 is 0 Å². The predicted octanol–water partition coefficient (Wildman–Crippen LogP) is 3.41. The Morgan fingerprint density at radius 2 is 1.76 bits per heavy atom. The Kier molecular flexibility index (Phi) is 8.11. The van der Waals surface area contributed by atoms with E-state index in [0.717, 1.165) is 4.31 Å². The van der Waals surface area contributed by atoms with Crippen LogP contribution < -0.4 is 0 Å². The molecule has 2 aromatic heterocycles. The van der Waals surface area contributed by atoms with Crippen LogP contribution >= 0.6 is 0 Å². The zero-order chi connectivity index (χ0) is 25.0. The largest absolute Gasteiger partial charge is 0.490 e. The monoisotopic (exact) mass is 495 g/mol. The molecule has 0 saturated heterocycles. The lowest BCUT2D eigenvalue weighted by molar-refractivity contribution is -0.192. The molecule has 180 valence electrons. The van der Waals surface area contributed by atoms with Crippen molar-refractivity contribution in [3.63, 3.8) is 0 Å². The number of carbonyl (C=O) groups is 1. The topological polar surface area (TPSA) is 124 Å². The van der Waals surface area contributed by atoms with Crippen molar-refractivity contribution in [2.75, 3.05) is 20.2 Å². The number of nitrogens with zero attached hydrogens (tertiary/aromatic N) is 2. The van der Waals surface area contributed by atoms with Crippen LogP contribution in [-0.2, 0) is 14.8 Å². The summed E-state index contributed by atoms with van der Waals surface area (Å²) in [5.74, 6) is -2.76. The first-order valence-corrected chi connectivity index (χ1v) is 10.5. The molecule has 2 heterocycles. The van der Waals surface area contributed by atoms with Gasteiger partial charge in [-0.05, 0) is 35.4 Å². The Hall–Kier alpha value is -3.10. The van der Waals surface area contributed by atoms with Gasteiger partial charge in [-0.25, -0.2) is 27.0 Å². The lowest BCUT2D eigenvalue weighted by Crippen LogP contribution is -2.29. The zero-order valence-electron chi connectivity index (χ0n) is 16.8. The highest BCUT2D eigenvalue weighted by Crippen LogP contribution is 2.31. The van der Waals surface area contributed by atoms with Crippen LogP contribution in [0.3, 0.4) is 0 Å². The summed E-state index contributed by atoms with van der Waals surface area (Å²) in [6.07, 6.45) is -6.21. The van der Waals surface area contributed by atoms with Crippen LogP contribution in [0, 0.1) is 0 Å². The molecule has 0 fully saturated rings. The number of aliphatic carboxylic acids is 1. The van der Waals surface area contributed by atoms with Crippen LogP contribution in [0.15, 0.2) is 47.5 Å². The number of alkyl halides is 5. The van der Waals surface area contributed by atoms with Crippen molar-refractivity contribution in [2.24, 2.45) is 0 Å². The van der Waals surface area contributed by atoms with Gasteiger partial charge in [-0.15, -0.1) is 0 Å². The number of rotatable bonds is 6. The van der Waals surface area contributed by atoms with Crippen molar-refractivity contribution < 1.29 is 45.4 Å². The fourth-order valence-corrected chi connectivity index (χ4v) is 3.83. The van der Waals surface area contributed by atoms with E-state index in [9.17, 15) is 30.4 Å². The zero-order valence-corrected chi connectivity index (χ0v) is 17.7. The number of aliphatic hydroxyl groups is 1. The molecule has 1 aromatic carbocycles. The SMILES string of the molecule is CN(CCO)S(=O)(=O)c1ccc(-c2ccnc3[nH]c(C(F)F)cc23)cc1.O=C(O)C(F)(F)F. The number of halogens is 5. The van der Waals surface area contributed by atoms with Gasteiger partial charge in [0.2, 0.25) is 10.0 Å². The van der Waals surface area contributed by atoms with Crippen LogP contribution in [0.1, 0.15) is 12.1 Å². The molecule has 0 bridgehead atoms. The molecule has 0 aliphatic rings. The second kappa shape index (κ2) is 10.2. The van der Waals surface area contributed by atoms with Crippen LogP contribution in [0.4, 0.5) is 22.0 Å². The molecule has 0 amide bonds. The van der Waals surface area contributed by atoms with Crippen LogP contribution in [0.5, 0.6) is 0 Å². The molecular weight excluding hydrogens is 477 g/mol. The fraction of sp³-hybridized carbons (Fsp3) is 0.263. The van der Waals surface area contributed by atoms with Gasteiger partial charge in [-0.3, -0.25) is 0 Å². The third-order valence-corrected chi connectivity index (χ3v) is 6.19. The van der Waals surface area contributed by atoms with Gasteiger partial charge < -0.3 is 15.2 Å². The van der Waals surface area contributed by atoms with Gasteiger partial charge in [0, 0.05) is 25.2 Å². The van der Waals surface area contributed by atoms with E-state index in [1.165, 1.54) is 31.4 Å². The van der Waals surface area contributed by atoms with Gasteiger partial charge in [-0.2, -0.15) is 17.5 Å². The summed E-state index contributed by atoms with van der Waals surface area (Å²) in [5, 5.41) is 16.6. The summed E-state index contributed by atoms with van der Waals surface area (Å²) in [6, 6.07) is 9.17. The Labute approximate surface area is 184 Å². The number of fused-ring (bicyclic) bond motifs is 1. The fourth-order valence-electron chi connectivity index (χ4n) is 2.66. The summed E-state index contributed by atoms with van der Waals surface area (Å²) >= 11 is 0. The molecule has 0 aliphatic carbocycles. The van der Waals surface area contributed by atoms with Crippen molar-refractivity contribution >= 4 is 27.0 Å². The van der Waals surface area contributed by atoms with Crippen LogP contribution in [0.2, 0.25) is 0 Å². The molecule has 8 nitrogen and oxygen atoms in total. The molecule has 3 aromatic rings. The number of carboxylic acid groups (broad SMARTS) is 1. The Balaban J connectivity index is 0.000000479. The number of aromatic nitrogens is 2. The van der Waals surface area contributed by atoms with E-state index in [1.807, 2.05) is 0 Å². The lowest BCUT2D eigenvalue weighted by Gasteiger charge is -2.16. The number of H-pyrrole nitrogens is 1. The van der Waals surface area contributed by atoms with Crippen molar-refractivity contribution in [1.29, 1.82) is 0 Å². The first-order valence-electron chi connectivity index (χ1n) is 9.02. The van der Waals surface area contributed by atoms with Crippen molar-refractivity contribution in [3.05, 3.63) is 48.3 Å². The van der Waals surface area contributed by atoms with Crippen LogP contribution in [0.25, 0.3) is 22.2 Å². The van der Waals surface area contributed by atoms with Gasteiger partial charge in [0.15, 0.2) is 0 Å². The molecule has 33 heavy (non-hydrogen) atoms. The van der Waals surface area contributed by atoms with E-state index < -0.39 is 28.6 Å². The second-order valence-electron chi connectivity index (χ2n) is 6.52. The standard InChI is InChI=1S/C17H17F2N3O3S.C2HF3O2/c1-22(8-9-23)26(24,25)12-4-2-11(3-5-12)13-6-7-20-17-14(13)10-15(21-17)16(18)19;3-2(4,5)1(6)7/h2-7,10,16,23H,8-9H2,1H3,(H,20,21);(H,6,7). The van der Waals surface area contributed by atoms with Crippen molar-refractivity contribution in [1.82, 2.24) is 14.3 Å². The third kappa shape index (κ3) is 6.24. The number of carboxylic acids is 1. The molecule has 0 aliphatic heterocycles. The molecule has 0 radical (unpaired) electrons. The molecule has 0 spiro atoms. The van der Waals surface area contributed by atoms with E-state index in [1.54, 1.807) is 18.2 Å². The number of benzene rings is 1. The number of aliphatic hydroxyl groups excluding tert-OH is 1. The minimum Gasteiger partial charge on any atom is -0.475 e. The van der Waals surface area contributed by atoms with Crippen LogP contribution in [-0.4, -0.2) is 65.2 Å². The van der Waals surface area contributed by atoms with Gasteiger partial charge in [0.1, 0.15) is 5.65 Å². The molecule has 3 N–H and O–H groups in total. The number of hydrogen-bond donors (Lipinski definition) is 3. The second-order valence-corrected chi connectivity index (χ2v) is 8.57. The summed E-state index contributed by atoms with van der Waals surface area (Å²) in [4.78, 5) is 15.6. The Morgan fingerprint density at radius 3 is 2.24 bits per heavy atom. The van der Waals surface area contributed by atoms with Gasteiger partial charge in [0.25, 0.3) is 6.43 Å². The molecule has 0 saturated carbocycles. The molecule has 0 unspecified atom stereocenters. The molecule has 14 heteroatoms. The quantitative estimate of drug-likeness (QED) is 0.451. The van der Waals surface area contributed by atoms with Crippen molar-refractivity contribution in [2.45, 2.75) is 17.5 Å². The smallest absolute Gasteiger partial charge is 0.475 e. The summed E-state index contributed by atoms with van der Waals surface area (Å²) in [7, 11) is -2.31. The normalized spacial score (nSPS) is 12.2. The molecule has 3 rings (SSSR count). The highest BCUT2D eigenvalue weighted by molar-refractivity contribution is 7.89.